The van der Waals surface area contributed by atoms with Crippen molar-refractivity contribution in [1.29, 1.82) is 0 Å². The summed E-state index contributed by atoms with van der Waals surface area (Å²) in [7, 11) is 0. The monoisotopic (exact) mass is 320 g/mol. The van der Waals surface area contributed by atoms with Crippen molar-refractivity contribution < 1.29 is 14.0 Å². The van der Waals surface area contributed by atoms with Crippen molar-refractivity contribution in [3.63, 3.8) is 0 Å². The summed E-state index contributed by atoms with van der Waals surface area (Å²) in [6.07, 6.45) is 2.48. The smallest absolute Gasteiger partial charge is 0.251 e. The summed E-state index contributed by atoms with van der Waals surface area (Å²) in [6.45, 7) is 0.818. The molecule has 0 aliphatic rings. The van der Waals surface area contributed by atoms with Crippen LogP contribution in [0.3, 0.4) is 0 Å². The van der Waals surface area contributed by atoms with Crippen molar-refractivity contribution in [3.8, 4) is 0 Å². The fourth-order valence-electron chi connectivity index (χ4n) is 1.84. The SMILES string of the molecule is O=C(CCCNC(=O)c1ccc(Cl)cc1)NCc1ccco1. The van der Waals surface area contributed by atoms with Crippen LogP contribution in [0.2, 0.25) is 5.02 Å². The second-order valence-electron chi connectivity index (χ2n) is 4.72. The molecule has 5 nitrogen and oxygen atoms in total. The molecule has 0 fully saturated rings. The number of hydrogen-bond donors (Lipinski definition) is 2. The Bertz CT molecular complexity index is 609. The number of nitrogens with one attached hydrogen (secondary N) is 2. The maximum atomic E-state index is 11.8. The van der Waals surface area contributed by atoms with Gasteiger partial charge in [0.25, 0.3) is 5.91 Å². The van der Waals surface area contributed by atoms with E-state index >= 15 is 0 Å². The predicted molar refractivity (Wildman–Crippen MR) is 83.6 cm³/mol. The highest BCUT2D eigenvalue weighted by Crippen LogP contribution is 2.09. The minimum atomic E-state index is -0.173. The van der Waals surface area contributed by atoms with Gasteiger partial charge in [0.1, 0.15) is 5.76 Å². The van der Waals surface area contributed by atoms with Gasteiger partial charge in [0, 0.05) is 23.6 Å². The Morgan fingerprint density at radius 2 is 1.86 bits per heavy atom. The fraction of sp³-hybridized carbons (Fsp3) is 0.250. The molecule has 0 aliphatic carbocycles. The van der Waals surface area contributed by atoms with Crippen LogP contribution in [0, 0.1) is 0 Å². The van der Waals surface area contributed by atoms with Crippen LogP contribution in [0.15, 0.2) is 47.1 Å². The number of benzene rings is 1. The first-order valence-electron chi connectivity index (χ1n) is 6.98. The van der Waals surface area contributed by atoms with Gasteiger partial charge in [-0.05, 0) is 42.8 Å². The van der Waals surface area contributed by atoms with Crippen LogP contribution >= 0.6 is 11.6 Å². The minimum absolute atomic E-state index is 0.0721. The number of hydrogen-bond acceptors (Lipinski definition) is 3. The first-order chi connectivity index (χ1) is 10.6. The maximum Gasteiger partial charge on any atom is 0.251 e. The summed E-state index contributed by atoms with van der Waals surface area (Å²) in [6, 6.07) is 10.2. The zero-order valence-corrected chi connectivity index (χ0v) is 12.7. The topological polar surface area (TPSA) is 71.3 Å². The maximum absolute atomic E-state index is 11.8. The highest BCUT2D eigenvalue weighted by Gasteiger charge is 2.06. The second-order valence-corrected chi connectivity index (χ2v) is 5.16. The van der Waals surface area contributed by atoms with Gasteiger partial charge < -0.3 is 15.1 Å². The van der Waals surface area contributed by atoms with Gasteiger partial charge in [0.15, 0.2) is 0 Å². The lowest BCUT2D eigenvalue weighted by atomic mass is 10.2. The quantitative estimate of drug-likeness (QED) is 0.771. The molecular weight excluding hydrogens is 304 g/mol. The molecule has 2 rings (SSSR count). The Morgan fingerprint density at radius 1 is 1.09 bits per heavy atom. The third-order valence-corrected chi connectivity index (χ3v) is 3.26. The van der Waals surface area contributed by atoms with Crippen molar-refractivity contribution in [2.24, 2.45) is 0 Å². The van der Waals surface area contributed by atoms with Gasteiger partial charge in [-0.25, -0.2) is 0 Å². The Morgan fingerprint density at radius 3 is 2.55 bits per heavy atom. The van der Waals surface area contributed by atoms with Crippen molar-refractivity contribution in [2.75, 3.05) is 6.54 Å². The molecule has 0 spiro atoms. The molecule has 0 unspecified atom stereocenters. The van der Waals surface area contributed by atoms with Gasteiger partial charge in [0.2, 0.25) is 5.91 Å². The van der Waals surface area contributed by atoms with Crippen molar-refractivity contribution >= 4 is 23.4 Å². The number of amides is 2. The minimum Gasteiger partial charge on any atom is -0.467 e. The predicted octanol–water partition coefficient (Wildman–Crippen LogP) is 2.76. The lowest BCUT2D eigenvalue weighted by Crippen LogP contribution is -2.27. The molecule has 1 heterocycles. The standard InChI is InChI=1S/C16H17ClN2O3/c17-13-7-5-12(6-8-13)16(21)18-9-1-4-15(20)19-11-14-3-2-10-22-14/h2-3,5-8,10H,1,4,9,11H2,(H,18,21)(H,19,20). The van der Waals surface area contributed by atoms with Crippen LogP contribution < -0.4 is 10.6 Å². The zero-order valence-electron chi connectivity index (χ0n) is 12.0. The molecule has 0 bridgehead atoms. The largest absolute Gasteiger partial charge is 0.467 e. The van der Waals surface area contributed by atoms with E-state index in [0.29, 0.717) is 42.3 Å². The van der Waals surface area contributed by atoms with Crippen LogP contribution in [0.1, 0.15) is 29.0 Å². The first-order valence-corrected chi connectivity index (χ1v) is 7.36. The second kappa shape index (κ2) is 8.24. The molecule has 0 aliphatic heterocycles. The number of carbonyl (C=O) groups is 2. The normalized spacial score (nSPS) is 10.2. The van der Waals surface area contributed by atoms with Gasteiger partial charge in [-0.1, -0.05) is 11.6 Å². The molecular formula is C16H17ClN2O3. The van der Waals surface area contributed by atoms with E-state index in [1.165, 1.54) is 0 Å². The van der Waals surface area contributed by atoms with E-state index in [-0.39, 0.29) is 11.8 Å². The summed E-state index contributed by atoms with van der Waals surface area (Å²) in [4.78, 5) is 23.4. The molecule has 2 N–H and O–H groups in total. The number of carbonyl (C=O) groups excluding carboxylic acids is 2. The van der Waals surface area contributed by atoms with E-state index in [1.807, 2.05) is 0 Å². The van der Waals surface area contributed by atoms with E-state index in [0.717, 1.165) is 0 Å². The lowest BCUT2D eigenvalue weighted by molar-refractivity contribution is -0.121. The average molecular weight is 321 g/mol. The van der Waals surface area contributed by atoms with Crippen LogP contribution in [-0.2, 0) is 11.3 Å². The van der Waals surface area contributed by atoms with Crippen molar-refractivity contribution in [3.05, 3.63) is 59.0 Å². The molecule has 0 radical (unpaired) electrons. The van der Waals surface area contributed by atoms with Crippen LogP contribution in [0.5, 0.6) is 0 Å². The molecule has 0 saturated carbocycles. The molecule has 22 heavy (non-hydrogen) atoms. The van der Waals surface area contributed by atoms with Crippen LogP contribution in [0.4, 0.5) is 0 Å². The Balaban J connectivity index is 1.61. The molecule has 1 aromatic carbocycles. The molecule has 2 aromatic rings. The Kier molecular flexibility index (Phi) is 6.03. The Labute approximate surface area is 133 Å². The third-order valence-electron chi connectivity index (χ3n) is 3.01. The third kappa shape index (κ3) is 5.26. The number of rotatable bonds is 7. The average Bonchev–Trinajstić information content (AvgIpc) is 3.03. The summed E-state index contributed by atoms with van der Waals surface area (Å²) in [5, 5.41) is 6.10. The van der Waals surface area contributed by atoms with E-state index in [2.05, 4.69) is 10.6 Å². The molecule has 116 valence electrons. The highest BCUT2D eigenvalue weighted by molar-refractivity contribution is 6.30. The van der Waals surface area contributed by atoms with E-state index in [9.17, 15) is 9.59 Å². The van der Waals surface area contributed by atoms with E-state index in [1.54, 1.807) is 42.7 Å². The summed E-state index contributed by atoms with van der Waals surface area (Å²) < 4.78 is 5.12. The van der Waals surface area contributed by atoms with Crippen molar-refractivity contribution in [1.82, 2.24) is 10.6 Å². The van der Waals surface area contributed by atoms with Gasteiger partial charge in [-0.3, -0.25) is 9.59 Å². The molecule has 0 atom stereocenters. The summed E-state index contributed by atoms with van der Waals surface area (Å²) in [5.74, 6) is 0.467. The molecule has 2 amide bonds. The van der Waals surface area contributed by atoms with Gasteiger partial charge in [-0.15, -0.1) is 0 Å². The summed E-state index contributed by atoms with van der Waals surface area (Å²) >= 11 is 5.76. The van der Waals surface area contributed by atoms with Crippen molar-refractivity contribution in [2.45, 2.75) is 19.4 Å². The number of furan rings is 1. The van der Waals surface area contributed by atoms with Gasteiger partial charge in [0.05, 0.1) is 12.8 Å². The van der Waals surface area contributed by atoms with E-state index in [4.69, 9.17) is 16.0 Å². The molecule has 6 heteroatoms. The van der Waals surface area contributed by atoms with Crippen LogP contribution in [0.25, 0.3) is 0 Å². The summed E-state index contributed by atoms with van der Waals surface area (Å²) in [5.41, 5.74) is 0.548. The Hall–Kier alpha value is -2.27. The first kappa shape index (κ1) is 16.1. The number of halogens is 1. The lowest BCUT2D eigenvalue weighted by Gasteiger charge is -2.06. The van der Waals surface area contributed by atoms with Gasteiger partial charge in [-0.2, -0.15) is 0 Å². The zero-order chi connectivity index (χ0) is 15.8. The molecule has 0 saturated heterocycles. The highest BCUT2D eigenvalue weighted by atomic mass is 35.5. The van der Waals surface area contributed by atoms with Gasteiger partial charge >= 0.3 is 0 Å². The van der Waals surface area contributed by atoms with E-state index < -0.39 is 0 Å². The fourth-order valence-corrected chi connectivity index (χ4v) is 1.97. The molecule has 1 aromatic heterocycles. The van der Waals surface area contributed by atoms with Crippen LogP contribution in [-0.4, -0.2) is 18.4 Å².